The summed E-state index contributed by atoms with van der Waals surface area (Å²) in [5.74, 6) is 0. The van der Waals surface area contributed by atoms with Crippen molar-refractivity contribution in [2.24, 2.45) is 0 Å². The standard InChI is InChI=1S/C7H6O3S.H3N.Na/c8-11(9,10)7-2-1-5-3-6(7)4-5;;/h1-3H,4H2,(H,8,9,10);1H3;/q;;+1/p-1. The first-order chi connectivity index (χ1) is 5.07. The van der Waals surface area contributed by atoms with Crippen LogP contribution in [0.2, 0.25) is 0 Å². The van der Waals surface area contributed by atoms with Crippen LogP contribution in [0.4, 0.5) is 0 Å². The summed E-state index contributed by atoms with van der Waals surface area (Å²) < 4.78 is 31.6. The van der Waals surface area contributed by atoms with E-state index in [1.807, 2.05) is 0 Å². The Hall–Kier alpha value is 0.0900. The minimum absolute atomic E-state index is 0. The summed E-state index contributed by atoms with van der Waals surface area (Å²) in [5.41, 5.74) is 1.74. The van der Waals surface area contributed by atoms with E-state index in [2.05, 4.69) is 0 Å². The van der Waals surface area contributed by atoms with Gasteiger partial charge in [-0.05, 0) is 23.6 Å². The van der Waals surface area contributed by atoms with E-state index in [1.54, 1.807) is 12.1 Å². The summed E-state index contributed by atoms with van der Waals surface area (Å²) in [6.45, 7) is 0. The van der Waals surface area contributed by atoms with E-state index in [0.717, 1.165) is 5.56 Å². The van der Waals surface area contributed by atoms with Gasteiger partial charge < -0.3 is 10.7 Å². The second kappa shape index (κ2) is 4.08. The Labute approximate surface area is 99.0 Å². The van der Waals surface area contributed by atoms with Crippen LogP contribution in [0.1, 0.15) is 11.1 Å². The number of hydrogen-bond donors (Lipinski definition) is 1. The number of fused-ring (bicyclic) bond motifs is 2. The minimum Gasteiger partial charge on any atom is -0.744 e. The second-order valence-corrected chi connectivity index (χ2v) is 3.92. The van der Waals surface area contributed by atoms with Crippen molar-refractivity contribution in [2.45, 2.75) is 11.3 Å². The van der Waals surface area contributed by atoms with E-state index in [4.69, 9.17) is 0 Å². The zero-order chi connectivity index (χ0) is 8.06. The second-order valence-electron chi connectivity index (χ2n) is 2.57. The van der Waals surface area contributed by atoms with Crippen LogP contribution in [0.25, 0.3) is 0 Å². The topological polar surface area (TPSA) is 92.2 Å². The Balaban J connectivity index is 0.000000720. The summed E-state index contributed by atoms with van der Waals surface area (Å²) >= 11 is 0. The first-order valence-corrected chi connectivity index (χ1v) is 4.56. The third-order valence-corrected chi connectivity index (χ3v) is 2.73. The van der Waals surface area contributed by atoms with Gasteiger partial charge in [0, 0.05) is 0 Å². The molecule has 0 atom stereocenters. The molecule has 1 aromatic rings. The zero-order valence-electron chi connectivity index (χ0n) is 7.28. The molecule has 0 amide bonds. The van der Waals surface area contributed by atoms with Gasteiger partial charge >= 0.3 is 29.6 Å². The molecule has 2 aliphatic rings. The molecule has 2 bridgehead atoms. The molecule has 0 saturated carbocycles. The Bertz CT molecular complexity index is 412. The SMILES string of the molecule is N.O=S(=O)([O-])c1ccc2cc1C2.[Na+]. The maximum atomic E-state index is 10.5. The van der Waals surface area contributed by atoms with Crippen LogP contribution in [0, 0.1) is 0 Å². The third kappa shape index (κ3) is 2.31. The maximum Gasteiger partial charge on any atom is 1.00 e. The van der Waals surface area contributed by atoms with Crippen LogP contribution < -0.4 is 35.7 Å². The Morgan fingerprint density at radius 3 is 2.08 bits per heavy atom. The fourth-order valence-electron chi connectivity index (χ4n) is 1.21. The van der Waals surface area contributed by atoms with Crippen LogP contribution in [-0.4, -0.2) is 13.0 Å². The molecular weight excluding hydrogens is 201 g/mol. The molecule has 66 valence electrons. The van der Waals surface area contributed by atoms with Gasteiger partial charge in [-0.1, -0.05) is 12.1 Å². The predicted octanol–water partition coefficient (Wildman–Crippen LogP) is -2.34. The van der Waals surface area contributed by atoms with Gasteiger partial charge in [-0.25, -0.2) is 8.42 Å². The predicted molar refractivity (Wildman–Crippen MR) is 42.2 cm³/mol. The van der Waals surface area contributed by atoms with Crippen LogP contribution in [-0.2, 0) is 16.5 Å². The van der Waals surface area contributed by atoms with Crippen molar-refractivity contribution in [3.05, 3.63) is 29.3 Å². The van der Waals surface area contributed by atoms with Crippen LogP contribution in [0.15, 0.2) is 23.1 Å². The molecule has 2 aliphatic carbocycles. The van der Waals surface area contributed by atoms with Crippen molar-refractivity contribution in [2.75, 3.05) is 0 Å². The Kier molecular flexibility index (Phi) is 4.11. The molecule has 3 N–H and O–H groups in total. The Morgan fingerprint density at radius 1 is 1.31 bits per heavy atom. The van der Waals surface area contributed by atoms with Crippen molar-refractivity contribution >= 4 is 10.1 Å². The van der Waals surface area contributed by atoms with Gasteiger partial charge in [0.25, 0.3) is 0 Å². The van der Waals surface area contributed by atoms with Crippen molar-refractivity contribution in [1.29, 1.82) is 0 Å². The molecule has 0 radical (unpaired) electrons. The van der Waals surface area contributed by atoms with Crippen LogP contribution in [0.5, 0.6) is 0 Å². The smallest absolute Gasteiger partial charge is 0.744 e. The molecule has 0 fully saturated rings. The molecule has 0 aliphatic heterocycles. The fraction of sp³-hybridized carbons (Fsp3) is 0.143. The van der Waals surface area contributed by atoms with Crippen molar-refractivity contribution in [3.63, 3.8) is 0 Å². The van der Waals surface area contributed by atoms with E-state index in [-0.39, 0.29) is 40.6 Å². The van der Waals surface area contributed by atoms with Crippen LogP contribution >= 0.6 is 0 Å². The summed E-state index contributed by atoms with van der Waals surface area (Å²) in [7, 11) is -4.24. The molecule has 0 heterocycles. The van der Waals surface area contributed by atoms with Gasteiger partial charge in [-0.3, -0.25) is 0 Å². The van der Waals surface area contributed by atoms with E-state index in [1.165, 1.54) is 6.07 Å². The summed E-state index contributed by atoms with van der Waals surface area (Å²) in [4.78, 5) is -0.0625. The molecular formula is C7H8NNaO3S. The van der Waals surface area contributed by atoms with Gasteiger partial charge in [0.2, 0.25) is 0 Å². The molecule has 1 aromatic carbocycles. The molecule has 3 rings (SSSR count). The molecule has 0 unspecified atom stereocenters. The first-order valence-electron chi connectivity index (χ1n) is 3.15. The van der Waals surface area contributed by atoms with E-state index >= 15 is 0 Å². The fourth-order valence-corrected chi connectivity index (χ4v) is 1.90. The quantitative estimate of drug-likeness (QED) is 0.421. The van der Waals surface area contributed by atoms with Crippen LogP contribution in [0.3, 0.4) is 0 Å². The average Bonchev–Trinajstić information content (AvgIpc) is 1.84. The average molecular weight is 209 g/mol. The van der Waals surface area contributed by atoms with E-state index < -0.39 is 10.1 Å². The molecule has 0 saturated heterocycles. The summed E-state index contributed by atoms with van der Waals surface area (Å²) in [5, 5.41) is 0. The third-order valence-electron chi connectivity index (χ3n) is 1.79. The zero-order valence-corrected chi connectivity index (χ0v) is 10.1. The number of hydrogen-bond acceptors (Lipinski definition) is 4. The Morgan fingerprint density at radius 2 is 1.85 bits per heavy atom. The number of rotatable bonds is 1. The molecule has 13 heavy (non-hydrogen) atoms. The first kappa shape index (κ1) is 13.1. The molecule has 0 spiro atoms. The van der Waals surface area contributed by atoms with Gasteiger partial charge in [0.1, 0.15) is 10.1 Å². The monoisotopic (exact) mass is 209 g/mol. The van der Waals surface area contributed by atoms with Gasteiger partial charge in [-0.2, -0.15) is 0 Å². The molecule has 4 nitrogen and oxygen atoms in total. The largest absolute Gasteiger partial charge is 1.00 e. The number of benzene rings is 1. The van der Waals surface area contributed by atoms with Crippen molar-refractivity contribution in [1.82, 2.24) is 6.15 Å². The summed E-state index contributed by atoms with van der Waals surface area (Å²) in [6, 6.07) is 4.76. The normalized spacial score (nSPS) is 12.1. The van der Waals surface area contributed by atoms with Gasteiger partial charge in [0.05, 0.1) is 4.90 Å². The van der Waals surface area contributed by atoms with Gasteiger partial charge in [-0.15, -0.1) is 0 Å². The van der Waals surface area contributed by atoms with Crippen molar-refractivity contribution in [3.8, 4) is 0 Å². The van der Waals surface area contributed by atoms with E-state index in [0.29, 0.717) is 12.0 Å². The maximum absolute atomic E-state index is 10.5. The summed E-state index contributed by atoms with van der Waals surface area (Å²) in [6.07, 6.45) is 0.632. The van der Waals surface area contributed by atoms with Gasteiger partial charge in [0.15, 0.2) is 0 Å². The molecule has 6 heteroatoms. The van der Waals surface area contributed by atoms with E-state index in [9.17, 15) is 13.0 Å². The van der Waals surface area contributed by atoms with Crippen molar-refractivity contribution < 1.29 is 42.5 Å². The minimum atomic E-state index is -4.24. The molecule has 0 aromatic heterocycles.